The molecule has 0 aliphatic carbocycles. The van der Waals surface area contributed by atoms with Gasteiger partial charge in [0.15, 0.2) is 0 Å². The number of carbonyl (C=O) groups is 1. The lowest BCUT2D eigenvalue weighted by Gasteiger charge is -2.15. The highest BCUT2D eigenvalue weighted by Crippen LogP contribution is 1.92. The Morgan fingerprint density at radius 1 is 1.73 bits per heavy atom. The van der Waals surface area contributed by atoms with Crippen LogP contribution in [0.1, 0.15) is 12.8 Å². The van der Waals surface area contributed by atoms with E-state index in [-0.39, 0.29) is 6.03 Å². The van der Waals surface area contributed by atoms with Gasteiger partial charge in [-0.05, 0) is 12.8 Å². The first kappa shape index (κ1) is 10.0. The summed E-state index contributed by atoms with van der Waals surface area (Å²) in [6.45, 7) is 4.39. The number of carbonyl (C=O) groups excluding carboxylic acids is 1. The van der Waals surface area contributed by atoms with E-state index in [1.807, 2.05) is 6.08 Å². The molecule has 0 saturated carbocycles. The van der Waals surface area contributed by atoms with E-state index in [4.69, 9.17) is 0 Å². The summed E-state index contributed by atoms with van der Waals surface area (Å²) in [6.07, 6.45) is 3.80. The third-order valence-electron chi connectivity index (χ3n) is 1.46. The molecule has 64 valence electrons. The molecule has 1 N–H and O–H groups in total. The first-order valence-electron chi connectivity index (χ1n) is 3.76. The Morgan fingerprint density at radius 3 is 2.82 bits per heavy atom. The normalized spacial score (nSPS) is 8.91. The van der Waals surface area contributed by atoms with Crippen molar-refractivity contribution in [3.8, 4) is 0 Å². The molecule has 0 unspecified atom stereocenters. The fraction of sp³-hybridized carbons (Fsp3) is 0.625. The largest absolute Gasteiger partial charge is 0.341 e. The molecule has 3 heteroatoms. The minimum absolute atomic E-state index is 0.0333. The van der Waals surface area contributed by atoms with E-state index in [9.17, 15) is 4.79 Å². The van der Waals surface area contributed by atoms with E-state index in [2.05, 4.69) is 11.9 Å². The summed E-state index contributed by atoms with van der Waals surface area (Å²) in [4.78, 5) is 12.6. The second-order valence-corrected chi connectivity index (χ2v) is 2.41. The smallest absolute Gasteiger partial charge is 0.316 e. The Morgan fingerprint density at radius 2 is 2.36 bits per heavy atom. The summed E-state index contributed by atoms with van der Waals surface area (Å²) in [7, 11) is 3.41. The van der Waals surface area contributed by atoms with Crippen LogP contribution in [0, 0.1) is 0 Å². The first-order chi connectivity index (χ1) is 5.22. The van der Waals surface area contributed by atoms with Crippen molar-refractivity contribution in [1.82, 2.24) is 10.2 Å². The lowest BCUT2D eigenvalue weighted by Crippen LogP contribution is -2.35. The zero-order chi connectivity index (χ0) is 8.69. The summed E-state index contributed by atoms with van der Waals surface area (Å²) in [6, 6.07) is -0.0333. The summed E-state index contributed by atoms with van der Waals surface area (Å²) in [5, 5.41) is 2.55. The van der Waals surface area contributed by atoms with E-state index in [0.29, 0.717) is 0 Å². The molecule has 0 fully saturated rings. The number of hydrogen-bond donors (Lipinski definition) is 1. The van der Waals surface area contributed by atoms with Crippen LogP contribution in [0.15, 0.2) is 12.7 Å². The van der Waals surface area contributed by atoms with Crippen LogP contribution in [0.4, 0.5) is 4.79 Å². The highest BCUT2D eigenvalue weighted by molar-refractivity contribution is 5.73. The van der Waals surface area contributed by atoms with Gasteiger partial charge in [0.1, 0.15) is 0 Å². The average molecular weight is 156 g/mol. The maximum absolute atomic E-state index is 10.9. The van der Waals surface area contributed by atoms with E-state index >= 15 is 0 Å². The van der Waals surface area contributed by atoms with Gasteiger partial charge in [0, 0.05) is 20.6 Å². The number of urea groups is 1. The molecule has 0 aliphatic heterocycles. The predicted octanol–water partition coefficient (Wildman–Crippen LogP) is 1.22. The molecule has 0 rings (SSSR count). The highest BCUT2D eigenvalue weighted by Gasteiger charge is 2.02. The quantitative estimate of drug-likeness (QED) is 0.482. The van der Waals surface area contributed by atoms with Gasteiger partial charge in [-0.1, -0.05) is 6.08 Å². The molecule has 0 aromatic heterocycles. The molecule has 0 aromatic carbocycles. The predicted molar refractivity (Wildman–Crippen MR) is 46.5 cm³/mol. The molecule has 2 amide bonds. The lowest BCUT2D eigenvalue weighted by molar-refractivity contribution is 0.210. The van der Waals surface area contributed by atoms with Crippen molar-refractivity contribution >= 4 is 6.03 Å². The number of amides is 2. The summed E-state index contributed by atoms with van der Waals surface area (Å²) in [5.41, 5.74) is 0. The highest BCUT2D eigenvalue weighted by atomic mass is 16.2. The van der Waals surface area contributed by atoms with Crippen molar-refractivity contribution in [2.24, 2.45) is 0 Å². The van der Waals surface area contributed by atoms with Crippen LogP contribution in [0.25, 0.3) is 0 Å². The Balaban J connectivity index is 3.43. The van der Waals surface area contributed by atoms with Gasteiger partial charge in [0.2, 0.25) is 0 Å². The van der Waals surface area contributed by atoms with Crippen LogP contribution in [0.3, 0.4) is 0 Å². The summed E-state index contributed by atoms with van der Waals surface area (Å²) in [5.74, 6) is 0. The topological polar surface area (TPSA) is 32.3 Å². The first-order valence-corrected chi connectivity index (χ1v) is 3.76. The molecule has 0 radical (unpaired) electrons. The minimum Gasteiger partial charge on any atom is -0.341 e. The molecule has 0 bridgehead atoms. The molecule has 0 heterocycles. The van der Waals surface area contributed by atoms with Crippen LogP contribution >= 0.6 is 0 Å². The standard InChI is InChI=1S/C8H16N2O/c1-4-5-6-7-10(3)8(11)9-2/h4H,1,5-7H2,2-3H3,(H,9,11). The average Bonchev–Trinajstić information content (AvgIpc) is 2.03. The zero-order valence-corrected chi connectivity index (χ0v) is 7.26. The van der Waals surface area contributed by atoms with Gasteiger partial charge in [-0.2, -0.15) is 0 Å². The van der Waals surface area contributed by atoms with Gasteiger partial charge in [0.25, 0.3) is 0 Å². The van der Waals surface area contributed by atoms with Crippen LogP contribution in [0.5, 0.6) is 0 Å². The number of allylic oxidation sites excluding steroid dienone is 1. The van der Waals surface area contributed by atoms with Crippen LogP contribution in [-0.2, 0) is 0 Å². The van der Waals surface area contributed by atoms with Crippen LogP contribution in [-0.4, -0.2) is 31.6 Å². The molecule has 11 heavy (non-hydrogen) atoms. The van der Waals surface area contributed by atoms with Crippen LogP contribution in [0.2, 0.25) is 0 Å². The SMILES string of the molecule is C=CCCCN(C)C(=O)NC. The molecule has 0 aromatic rings. The van der Waals surface area contributed by atoms with E-state index < -0.39 is 0 Å². The van der Waals surface area contributed by atoms with Crippen molar-refractivity contribution in [1.29, 1.82) is 0 Å². The lowest BCUT2D eigenvalue weighted by atomic mass is 10.3. The Bertz CT molecular complexity index is 134. The number of nitrogens with zero attached hydrogens (tertiary/aromatic N) is 1. The fourth-order valence-electron chi connectivity index (χ4n) is 0.765. The number of unbranched alkanes of at least 4 members (excludes halogenated alkanes) is 1. The van der Waals surface area contributed by atoms with Gasteiger partial charge in [-0.25, -0.2) is 4.79 Å². The van der Waals surface area contributed by atoms with E-state index in [1.54, 1.807) is 19.0 Å². The molecule has 0 aliphatic rings. The summed E-state index contributed by atoms with van der Waals surface area (Å²) < 4.78 is 0. The minimum atomic E-state index is -0.0333. The van der Waals surface area contributed by atoms with Gasteiger partial charge in [-0.15, -0.1) is 6.58 Å². The molecular formula is C8H16N2O. The molecule has 3 nitrogen and oxygen atoms in total. The van der Waals surface area contributed by atoms with E-state index in [0.717, 1.165) is 19.4 Å². The van der Waals surface area contributed by atoms with Crippen molar-refractivity contribution in [2.45, 2.75) is 12.8 Å². The van der Waals surface area contributed by atoms with Gasteiger partial charge in [0.05, 0.1) is 0 Å². The number of nitrogens with one attached hydrogen (secondary N) is 1. The Labute approximate surface area is 68.1 Å². The van der Waals surface area contributed by atoms with Gasteiger partial charge >= 0.3 is 6.03 Å². The number of rotatable bonds is 4. The van der Waals surface area contributed by atoms with Crippen molar-refractivity contribution in [3.63, 3.8) is 0 Å². The third kappa shape index (κ3) is 4.42. The van der Waals surface area contributed by atoms with Crippen molar-refractivity contribution < 1.29 is 4.79 Å². The Kier molecular flexibility index (Phi) is 5.25. The molecule has 0 spiro atoms. The zero-order valence-electron chi connectivity index (χ0n) is 7.26. The Hall–Kier alpha value is -0.990. The van der Waals surface area contributed by atoms with Crippen molar-refractivity contribution in [2.75, 3.05) is 20.6 Å². The fourth-order valence-corrected chi connectivity index (χ4v) is 0.765. The molecule has 0 saturated heterocycles. The second kappa shape index (κ2) is 5.77. The van der Waals surface area contributed by atoms with Crippen molar-refractivity contribution in [3.05, 3.63) is 12.7 Å². The van der Waals surface area contributed by atoms with Crippen LogP contribution < -0.4 is 5.32 Å². The maximum atomic E-state index is 10.9. The number of hydrogen-bond acceptors (Lipinski definition) is 1. The summed E-state index contributed by atoms with van der Waals surface area (Å²) >= 11 is 0. The molecule has 0 atom stereocenters. The van der Waals surface area contributed by atoms with Gasteiger partial charge < -0.3 is 10.2 Å². The monoisotopic (exact) mass is 156 g/mol. The van der Waals surface area contributed by atoms with Gasteiger partial charge in [-0.3, -0.25) is 0 Å². The second-order valence-electron chi connectivity index (χ2n) is 2.41. The third-order valence-corrected chi connectivity index (χ3v) is 1.46. The van der Waals surface area contributed by atoms with E-state index in [1.165, 1.54) is 0 Å². The maximum Gasteiger partial charge on any atom is 0.316 e. The molecular weight excluding hydrogens is 140 g/mol.